The van der Waals surface area contributed by atoms with Crippen molar-refractivity contribution in [2.45, 2.75) is 26.8 Å². The van der Waals surface area contributed by atoms with Crippen molar-refractivity contribution in [1.82, 2.24) is 5.32 Å². The molecule has 0 aliphatic heterocycles. The number of nitrogens with one attached hydrogen (secondary N) is 1. The first-order valence-electron chi connectivity index (χ1n) is 8.68. The largest absolute Gasteiger partial charge is 0.496 e. The molecule has 0 unspecified atom stereocenters. The van der Waals surface area contributed by atoms with Crippen LogP contribution < -0.4 is 10.1 Å². The highest BCUT2D eigenvalue weighted by Crippen LogP contribution is 2.27. The van der Waals surface area contributed by atoms with Gasteiger partial charge in [-0.2, -0.15) is 0 Å². The summed E-state index contributed by atoms with van der Waals surface area (Å²) in [6, 6.07) is 8.65. The van der Waals surface area contributed by atoms with E-state index in [-0.39, 0.29) is 23.4 Å². The molecule has 2 aromatic rings. The number of esters is 1. The molecule has 2 aromatic carbocycles. The van der Waals surface area contributed by atoms with Crippen molar-refractivity contribution in [3.8, 4) is 5.75 Å². The zero-order chi connectivity index (χ0) is 20.8. The van der Waals surface area contributed by atoms with Crippen LogP contribution in [-0.2, 0) is 4.74 Å². The van der Waals surface area contributed by atoms with Crippen LogP contribution >= 0.6 is 0 Å². The van der Waals surface area contributed by atoms with Gasteiger partial charge in [-0.25, -0.2) is 4.79 Å². The van der Waals surface area contributed by atoms with Gasteiger partial charge >= 0.3 is 5.97 Å². The number of non-ortho nitro benzene ring substituents is 1. The third kappa shape index (κ3) is 4.85. The van der Waals surface area contributed by atoms with Gasteiger partial charge in [0.2, 0.25) is 0 Å². The molecule has 0 spiro atoms. The predicted molar refractivity (Wildman–Crippen MR) is 103 cm³/mol. The number of ether oxygens (including phenoxy) is 2. The van der Waals surface area contributed by atoms with Crippen LogP contribution in [0.15, 0.2) is 36.4 Å². The SMILES string of the molecule is CCOC(=O)c1cc(C(=O)N[C@@H](C)c2cc(C)ccc2OC)cc([N+](=O)[O-])c1. The number of hydrogen-bond donors (Lipinski definition) is 1. The van der Waals surface area contributed by atoms with Crippen molar-refractivity contribution < 1.29 is 24.0 Å². The number of nitro benzene ring substituents is 1. The molecule has 1 amide bonds. The van der Waals surface area contributed by atoms with E-state index in [2.05, 4.69) is 5.32 Å². The molecule has 0 aliphatic carbocycles. The van der Waals surface area contributed by atoms with Crippen LogP contribution in [0.5, 0.6) is 5.75 Å². The number of rotatable bonds is 7. The van der Waals surface area contributed by atoms with Gasteiger partial charge in [0, 0.05) is 23.3 Å². The predicted octanol–water partition coefficient (Wildman–Crippen LogP) is 3.58. The van der Waals surface area contributed by atoms with E-state index in [9.17, 15) is 19.7 Å². The molecule has 0 radical (unpaired) electrons. The minimum absolute atomic E-state index is 0.00396. The fourth-order valence-electron chi connectivity index (χ4n) is 2.73. The summed E-state index contributed by atoms with van der Waals surface area (Å²) in [7, 11) is 1.54. The van der Waals surface area contributed by atoms with E-state index < -0.39 is 22.8 Å². The first kappa shape index (κ1) is 20.9. The van der Waals surface area contributed by atoms with E-state index in [1.54, 1.807) is 19.9 Å². The molecule has 1 atom stereocenters. The van der Waals surface area contributed by atoms with Gasteiger partial charge in [0.15, 0.2) is 0 Å². The van der Waals surface area contributed by atoms with Crippen LogP contribution in [0.1, 0.15) is 51.7 Å². The second-order valence-corrected chi connectivity index (χ2v) is 6.19. The van der Waals surface area contributed by atoms with Crippen LogP contribution in [0.3, 0.4) is 0 Å². The van der Waals surface area contributed by atoms with Crippen molar-refractivity contribution >= 4 is 17.6 Å². The third-order valence-electron chi connectivity index (χ3n) is 4.10. The highest BCUT2D eigenvalue weighted by Gasteiger charge is 2.21. The van der Waals surface area contributed by atoms with Gasteiger partial charge in [0.25, 0.3) is 11.6 Å². The topological polar surface area (TPSA) is 108 Å². The summed E-state index contributed by atoms with van der Waals surface area (Å²) in [5.41, 5.74) is 1.35. The number of nitrogens with zero attached hydrogens (tertiary/aromatic N) is 1. The molecular formula is C20H22N2O6. The number of methoxy groups -OCH3 is 1. The zero-order valence-electron chi connectivity index (χ0n) is 16.1. The molecule has 2 rings (SSSR count). The molecule has 0 saturated carbocycles. The first-order chi connectivity index (χ1) is 13.3. The van der Waals surface area contributed by atoms with E-state index in [1.165, 1.54) is 13.2 Å². The number of carbonyl (C=O) groups is 2. The molecule has 28 heavy (non-hydrogen) atoms. The zero-order valence-corrected chi connectivity index (χ0v) is 16.1. The Balaban J connectivity index is 2.34. The quantitative estimate of drug-likeness (QED) is 0.443. The molecule has 0 aliphatic rings. The second-order valence-electron chi connectivity index (χ2n) is 6.19. The molecule has 0 saturated heterocycles. The number of carbonyl (C=O) groups excluding carboxylic acids is 2. The fourth-order valence-corrected chi connectivity index (χ4v) is 2.73. The molecular weight excluding hydrogens is 364 g/mol. The molecule has 1 N–H and O–H groups in total. The summed E-state index contributed by atoms with van der Waals surface area (Å²) in [4.78, 5) is 35.2. The smallest absolute Gasteiger partial charge is 0.338 e. The average molecular weight is 386 g/mol. The maximum atomic E-state index is 12.7. The Morgan fingerprint density at radius 2 is 1.86 bits per heavy atom. The van der Waals surface area contributed by atoms with Crippen LogP contribution in [0.25, 0.3) is 0 Å². The van der Waals surface area contributed by atoms with Crippen LogP contribution in [0, 0.1) is 17.0 Å². The van der Waals surface area contributed by atoms with Gasteiger partial charge in [-0.3, -0.25) is 14.9 Å². The third-order valence-corrected chi connectivity index (χ3v) is 4.10. The van der Waals surface area contributed by atoms with Crippen LogP contribution in [0.4, 0.5) is 5.69 Å². The summed E-state index contributed by atoms with van der Waals surface area (Å²) >= 11 is 0. The van der Waals surface area contributed by atoms with Crippen molar-refractivity contribution in [2.24, 2.45) is 0 Å². The molecule has 0 aromatic heterocycles. The molecule has 8 nitrogen and oxygen atoms in total. The monoisotopic (exact) mass is 386 g/mol. The number of hydrogen-bond acceptors (Lipinski definition) is 6. The molecule has 0 fully saturated rings. The summed E-state index contributed by atoms with van der Waals surface area (Å²) in [6.07, 6.45) is 0. The lowest BCUT2D eigenvalue weighted by Crippen LogP contribution is -2.27. The normalized spacial score (nSPS) is 11.4. The number of aryl methyl sites for hydroxylation is 1. The summed E-state index contributed by atoms with van der Waals surface area (Å²) < 4.78 is 10.2. The van der Waals surface area contributed by atoms with Crippen LogP contribution in [-0.4, -0.2) is 30.5 Å². The number of nitro groups is 1. The van der Waals surface area contributed by atoms with E-state index in [0.29, 0.717) is 5.75 Å². The maximum absolute atomic E-state index is 12.7. The average Bonchev–Trinajstić information content (AvgIpc) is 2.67. The molecule has 0 heterocycles. The van der Waals surface area contributed by atoms with E-state index in [4.69, 9.17) is 9.47 Å². The highest BCUT2D eigenvalue weighted by molar-refractivity contribution is 5.99. The van der Waals surface area contributed by atoms with Crippen molar-refractivity contribution in [3.63, 3.8) is 0 Å². The van der Waals surface area contributed by atoms with E-state index >= 15 is 0 Å². The Morgan fingerprint density at radius 3 is 2.46 bits per heavy atom. The van der Waals surface area contributed by atoms with Gasteiger partial charge in [0.1, 0.15) is 5.75 Å². The van der Waals surface area contributed by atoms with Crippen molar-refractivity contribution in [2.75, 3.05) is 13.7 Å². The second kappa shape index (κ2) is 8.98. The lowest BCUT2D eigenvalue weighted by Gasteiger charge is -2.18. The van der Waals surface area contributed by atoms with Gasteiger partial charge in [-0.05, 0) is 32.9 Å². The summed E-state index contributed by atoms with van der Waals surface area (Å²) in [6.45, 7) is 5.44. The Bertz CT molecular complexity index is 910. The Morgan fingerprint density at radius 1 is 1.18 bits per heavy atom. The highest BCUT2D eigenvalue weighted by atomic mass is 16.6. The number of benzene rings is 2. The molecule has 148 valence electrons. The van der Waals surface area contributed by atoms with E-state index in [0.717, 1.165) is 23.3 Å². The lowest BCUT2D eigenvalue weighted by atomic mass is 10.0. The van der Waals surface area contributed by atoms with E-state index in [1.807, 2.05) is 19.1 Å². The van der Waals surface area contributed by atoms with Gasteiger partial charge in [-0.15, -0.1) is 0 Å². The molecule has 8 heteroatoms. The first-order valence-corrected chi connectivity index (χ1v) is 8.68. The summed E-state index contributed by atoms with van der Waals surface area (Å²) in [5, 5.41) is 14.0. The standard InChI is InChI=1S/C20H22N2O6/c1-5-28-20(24)15-9-14(10-16(11-15)22(25)26)19(23)21-13(3)17-8-12(2)6-7-18(17)27-4/h6-11,13H,5H2,1-4H3,(H,21,23)/t13-/m0/s1. The Kier molecular flexibility index (Phi) is 6.70. The minimum atomic E-state index is -0.728. The van der Waals surface area contributed by atoms with Gasteiger partial charge in [0.05, 0.1) is 30.2 Å². The van der Waals surface area contributed by atoms with Crippen molar-refractivity contribution in [1.29, 1.82) is 0 Å². The minimum Gasteiger partial charge on any atom is -0.496 e. The summed E-state index contributed by atoms with van der Waals surface area (Å²) in [5.74, 6) is -0.663. The molecule has 0 bridgehead atoms. The lowest BCUT2D eigenvalue weighted by molar-refractivity contribution is -0.384. The van der Waals surface area contributed by atoms with Gasteiger partial charge < -0.3 is 14.8 Å². The van der Waals surface area contributed by atoms with Crippen LogP contribution in [0.2, 0.25) is 0 Å². The van der Waals surface area contributed by atoms with Gasteiger partial charge in [-0.1, -0.05) is 17.7 Å². The number of amides is 1. The van der Waals surface area contributed by atoms with Crippen molar-refractivity contribution in [3.05, 3.63) is 68.8 Å². The Hall–Kier alpha value is -3.42. The fraction of sp³-hybridized carbons (Fsp3) is 0.300. The maximum Gasteiger partial charge on any atom is 0.338 e. The Labute approximate surface area is 162 Å².